The third-order valence-corrected chi connectivity index (χ3v) is 18.0. The summed E-state index contributed by atoms with van der Waals surface area (Å²) in [5.74, 6) is 0. The molecule has 0 fully saturated rings. The van der Waals surface area contributed by atoms with Crippen LogP contribution in [0.2, 0.25) is 0 Å². The van der Waals surface area contributed by atoms with Gasteiger partial charge in [0.15, 0.2) is 0 Å². The lowest BCUT2D eigenvalue weighted by Gasteiger charge is -2.39. The molecule has 0 N–H and O–H groups in total. The van der Waals surface area contributed by atoms with Crippen molar-refractivity contribution < 1.29 is 0 Å². The van der Waals surface area contributed by atoms with Crippen LogP contribution >= 0.6 is 0 Å². The zero-order valence-corrected chi connectivity index (χ0v) is 43.8. The fraction of sp³-hybridized carbons (Fsp3) is 0.0256. The van der Waals surface area contributed by atoms with Crippen LogP contribution in [0.5, 0.6) is 0 Å². The van der Waals surface area contributed by atoms with E-state index in [9.17, 15) is 0 Å². The zero-order chi connectivity index (χ0) is 52.5. The average molecular weight is 1020 g/mol. The number of hydrogen-bond acceptors (Lipinski definition) is 1. The molecule has 1 aromatic heterocycles. The maximum atomic E-state index is 2.52. The summed E-state index contributed by atoms with van der Waals surface area (Å²) in [7, 11) is 0. The van der Waals surface area contributed by atoms with Crippen LogP contribution in [0.4, 0.5) is 17.1 Å². The fourth-order valence-corrected chi connectivity index (χ4v) is 14.8. The van der Waals surface area contributed by atoms with Crippen LogP contribution in [-0.4, -0.2) is 4.57 Å². The van der Waals surface area contributed by atoms with E-state index in [1.54, 1.807) is 0 Å². The van der Waals surface area contributed by atoms with E-state index in [4.69, 9.17) is 0 Å². The summed E-state index contributed by atoms with van der Waals surface area (Å²) in [6.45, 7) is 0. The van der Waals surface area contributed by atoms with Gasteiger partial charge in [0.2, 0.25) is 0 Å². The van der Waals surface area contributed by atoms with Gasteiger partial charge in [-0.2, -0.15) is 0 Å². The van der Waals surface area contributed by atoms with Crippen molar-refractivity contribution in [2.24, 2.45) is 0 Å². The molecule has 13 aromatic carbocycles. The quantitative estimate of drug-likeness (QED) is 0.154. The lowest BCUT2D eigenvalue weighted by atomic mass is 9.65. The molecule has 372 valence electrons. The molecule has 0 bridgehead atoms. The zero-order valence-electron chi connectivity index (χ0n) is 43.8. The fourth-order valence-electron chi connectivity index (χ4n) is 14.8. The van der Waals surface area contributed by atoms with Gasteiger partial charge in [0.25, 0.3) is 0 Å². The summed E-state index contributed by atoms with van der Waals surface area (Å²) < 4.78 is 2.52. The summed E-state index contributed by atoms with van der Waals surface area (Å²) in [6, 6.07) is 114. The summed E-state index contributed by atoms with van der Waals surface area (Å²) in [5, 5.41) is 4.94. The normalized spacial score (nSPS) is 14.9. The summed E-state index contributed by atoms with van der Waals surface area (Å²) in [6.07, 6.45) is 0. The second-order valence-electron chi connectivity index (χ2n) is 21.8. The first-order valence-electron chi connectivity index (χ1n) is 27.9. The molecule has 1 aliphatic heterocycles. The molecule has 0 radical (unpaired) electrons. The molecule has 2 aliphatic carbocycles. The number of anilines is 3. The van der Waals surface area contributed by atoms with Gasteiger partial charge in [-0.3, -0.25) is 0 Å². The highest BCUT2D eigenvalue weighted by Crippen LogP contribution is 2.62. The molecule has 17 rings (SSSR count). The van der Waals surface area contributed by atoms with E-state index < -0.39 is 10.8 Å². The van der Waals surface area contributed by atoms with Crippen molar-refractivity contribution in [3.05, 3.63) is 348 Å². The molecule has 2 heteroatoms. The van der Waals surface area contributed by atoms with E-state index >= 15 is 0 Å². The van der Waals surface area contributed by atoms with E-state index in [1.807, 2.05) is 0 Å². The first-order chi connectivity index (χ1) is 39.7. The minimum Gasteiger partial charge on any atom is -0.310 e. The van der Waals surface area contributed by atoms with Crippen LogP contribution in [0.15, 0.2) is 303 Å². The van der Waals surface area contributed by atoms with Gasteiger partial charge in [-0.25, -0.2) is 0 Å². The number of para-hydroxylation sites is 4. The Labute approximate surface area is 465 Å². The summed E-state index contributed by atoms with van der Waals surface area (Å²) in [4.78, 5) is 2.49. The standard InChI is InChI=1S/C78H50N2/c1-4-21-51(22-5-1)60-27-12-17-36-73(60)79(59-44-46-64-61-28-10-14-32-67(61)77(72(64)50-59,56-23-6-2-7-24-56)57-25-8-3-9-26-57)58-43-41-53-47-52(39-40-54(53)48-58)55-42-45-63-62-29-11-15-33-68(62)78(71(63)49-55)69-34-16-19-38-75(69)80-74-37-18-13-30-65(74)66-31-20-35-70(78)76(66)80/h1-50H. The molecule has 0 saturated carbocycles. The molecular weight excluding hydrogens is 965 g/mol. The summed E-state index contributed by atoms with van der Waals surface area (Å²) in [5.41, 5.74) is 26.3. The molecule has 14 aromatic rings. The van der Waals surface area contributed by atoms with Crippen LogP contribution < -0.4 is 4.90 Å². The van der Waals surface area contributed by atoms with Crippen LogP contribution in [0.3, 0.4) is 0 Å². The Morgan fingerprint density at radius 3 is 1.54 bits per heavy atom. The maximum absolute atomic E-state index is 2.52. The number of fused-ring (bicyclic) bond motifs is 16. The maximum Gasteiger partial charge on any atom is 0.0754 e. The molecule has 1 atom stereocenters. The molecular formula is C78H50N2. The molecule has 3 aliphatic rings. The minimum atomic E-state index is -0.539. The lowest BCUT2D eigenvalue weighted by Crippen LogP contribution is -2.33. The Balaban J connectivity index is 0.839. The third kappa shape index (κ3) is 6.08. The molecule has 2 nitrogen and oxygen atoms in total. The SMILES string of the molecule is c1ccc(-c2ccccc2N(c2ccc3c(c2)C(c2ccccc2)(c2ccccc2)c2ccccc2-3)c2ccc3cc(-c4ccc5c(c4)C4(c6ccccc6-5)c5ccccc5-n5c6ccccc6c6cccc4c65)ccc3c2)cc1. The highest BCUT2D eigenvalue weighted by molar-refractivity contribution is 6.13. The van der Waals surface area contributed by atoms with Crippen molar-refractivity contribution in [1.82, 2.24) is 4.57 Å². The second kappa shape index (κ2) is 17.1. The topological polar surface area (TPSA) is 8.17 Å². The van der Waals surface area contributed by atoms with Crippen molar-refractivity contribution in [3.63, 3.8) is 0 Å². The second-order valence-corrected chi connectivity index (χ2v) is 21.8. The van der Waals surface area contributed by atoms with Gasteiger partial charge in [-0.1, -0.05) is 249 Å². The Hall–Kier alpha value is -10.3. The average Bonchev–Trinajstić information content (AvgIpc) is 4.29. The smallest absolute Gasteiger partial charge is 0.0754 e. The third-order valence-electron chi connectivity index (χ3n) is 18.0. The predicted molar refractivity (Wildman–Crippen MR) is 332 cm³/mol. The van der Waals surface area contributed by atoms with E-state index in [1.165, 1.54) is 127 Å². The molecule has 0 amide bonds. The molecule has 2 heterocycles. The van der Waals surface area contributed by atoms with Gasteiger partial charge in [-0.15, -0.1) is 0 Å². The van der Waals surface area contributed by atoms with Crippen LogP contribution in [0, 0.1) is 0 Å². The number of hydrogen-bond donors (Lipinski definition) is 0. The van der Waals surface area contributed by atoms with Gasteiger partial charge < -0.3 is 9.47 Å². The van der Waals surface area contributed by atoms with Crippen molar-refractivity contribution in [2.75, 3.05) is 4.90 Å². The minimum absolute atomic E-state index is 0.518. The molecule has 80 heavy (non-hydrogen) atoms. The Kier molecular flexibility index (Phi) is 9.58. The van der Waals surface area contributed by atoms with Gasteiger partial charge in [0, 0.05) is 27.7 Å². The Bertz CT molecular complexity index is 4800. The molecule has 0 saturated heterocycles. The van der Waals surface area contributed by atoms with E-state index in [0.717, 1.165) is 17.1 Å². The Morgan fingerprint density at radius 1 is 0.275 bits per heavy atom. The van der Waals surface area contributed by atoms with Crippen LogP contribution in [0.25, 0.3) is 82.8 Å². The highest BCUT2D eigenvalue weighted by atomic mass is 15.1. The first kappa shape index (κ1) is 44.8. The number of rotatable bonds is 7. The van der Waals surface area contributed by atoms with Crippen molar-refractivity contribution >= 4 is 49.6 Å². The van der Waals surface area contributed by atoms with Gasteiger partial charge in [0.05, 0.1) is 33.2 Å². The predicted octanol–water partition coefficient (Wildman–Crippen LogP) is 19.8. The van der Waals surface area contributed by atoms with Gasteiger partial charge >= 0.3 is 0 Å². The van der Waals surface area contributed by atoms with Crippen LogP contribution in [0.1, 0.15) is 44.5 Å². The van der Waals surface area contributed by atoms with Crippen LogP contribution in [-0.2, 0) is 10.8 Å². The largest absolute Gasteiger partial charge is 0.310 e. The lowest BCUT2D eigenvalue weighted by molar-refractivity contribution is 0.749. The molecule has 1 spiro atoms. The van der Waals surface area contributed by atoms with Crippen molar-refractivity contribution in [3.8, 4) is 50.2 Å². The van der Waals surface area contributed by atoms with E-state index in [0.29, 0.717) is 0 Å². The number of aromatic nitrogens is 1. The van der Waals surface area contributed by atoms with Gasteiger partial charge in [-0.05, 0) is 149 Å². The van der Waals surface area contributed by atoms with E-state index in [-0.39, 0.29) is 0 Å². The number of benzene rings is 13. The molecule has 1 unspecified atom stereocenters. The Morgan fingerprint density at radius 2 is 0.775 bits per heavy atom. The van der Waals surface area contributed by atoms with E-state index in [2.05, 4.69) is 313 Å². The highest BCUT2D eigenvalue weighted by Gasteiger charge is 2.51. The van der Waals surface area contributed by atoms with Crippen molar-refractivity contribution in [1.29, 1.82) is 0 Å². The van der Waals surface area contributed by atoms with Gasteiger partial charge in [0.1, 0.15) is 0 Å². The monoisotopic (exact) mass is 1010 g/mol. The first-order valence-corrected chi connectivity index (χ1v) is 27.9. The van der Waals surface area contributed by atoms with Crippen molar-refractivity contribution in [2.45, 2.75) is 10.8 Å². The number of nitrogens with zero attached hydrogens (tertiary/aromatic N) is 2. The summed E-state index contributed by atoms with van der Waals surface area (Å²) >= 11 is 0.